The van der Waals surface area contributed by atoms with Crippen LogP contribution in [0.2, 0.25) is 0 Å². The van der Waals surface area contributed by atoms with E-state index < -0.39 is 47.1 Å². The van der Waals surface area contributed by atoms with Gasteiger partial charge in [-0.1, -0.05) is 45.4 Å². The number of carbonyl (C=O) groups is 1. The first-order valence-corrected chi connectivity index (χ1v) is 12.5. The van der Waals surface area contributed by atoms with Gasteiger partial charge in [-0.2, -0.15) is 0 Å². The van der Waals surface area contributed by atoms with Crippen LogP contribution in [-0.4, -0.2) is 48.8 Å². The minimum absolute atomic E-state index is 0. The van der Waals surface area contributed by atoms with Crippen LogP contribution in [0.25, 0.3) is 0 Å². The molecular weight excluding hydrogens is 455 g/mol. The molecule has 1 rings (SSSR count). The van der Waals surface area contributed by atoms with E-state index in [1.165, 1.54) is 12.1 Å². The molecule has 0 aromatic heterocycles. The Morgan fingerprint density at radius 1 is 1.06 bits per heavy atom. The Morgan fingerprint density at radius 3 is 1.90 bits per heavy atom. The predicted octanol–water partition coefficient (Wildman–Crippen LogP) is -2.13. The van der Waals surface area contributed by atoms with Gasteiger partial charge in [0.15, 0.2) is 0 Å². The third kappa shape index (κ3) is 7.23. The first-order valence-electron chi connectivity index (χ1n) is 9.59. The van der Waals surface area contributed by atoms with Crippen molar-refractivity contribution >= 4 is 25.9 Å². The van der Waals surface area contributed by atoms with Crippen molar-refractivity contribution in [2.24, 2.45) is 17.6 Å². The van der Waals surface area contributed by atoms with Crippen molar-refractivity contribution in [1.82, 2.24) is 5.32 Å². The fraction of sp³-hybridized carbons (Fsp3) is 0.632. The number of carbonyl (C=O) groups excluding carboxylic acids is 1. The summed E-state index contributed by atoms with van der Waals surface area (Å²) in [6.07, 6.45) is -0.0449. The van der Waals surface area contributed by atoms with Crippen molar-refractivity contribution in [3.05, 3.63) is 29.8 Å². The van der Waals surface area contributed by atoms with E-state index in [0.29, 0.717) is 5.56 Å². The number of nitrogens with one attached hydrogen (secondary N) is 1. The van der Waals surface area contributed by atoms with Crippen LogP contribution in [0.4, 0.5) is 0 Å². The molecule has 0 radical (unpaired) electrons. The number of hydrogen-bond donors (Lipinski definition) is 3. The summed E-state index contributed by atoms with van der Waals surface area (Å²) in [6, 6.07) is 2.01. The third-order valence-corrected chi connectivity index (χ3v) is 8.82. The molecule has 1 amide bonds. The second-order valence-electron chi connectivity index (χ2n) is 8.33. The Balaban J connectivity index is 0.00000900. The van der Waals surface area contributed by atoms with Crippen molar-refractivity contribution in [2.45, 2.75) is 68.7 Å². The molecule has 4 N–H and O–H groups in total. The number of nitrogens with two attached hydrogens (primary N) is 1. The van der Waals surface area contributed by atoms with Gasteiger partial charge in [-0.3, -0.25) is 4.79 Å². The van der Waals surface area contributed by atoms with Gasteiger partial charge in [-0.05, 0) is 43.7 Å². The third-order valence-electron chi connectivity index (χ3n) is 4.60. The van der Waals surface area contributed by atoms with E-state index in [2.05, 4.69) is 5.32 Å². The maximum absolute atomic E-state index is 13.2. The first kappa shape index (κ1) is 30.5. The quantitative estimate of drug-likeness (QED) is 0.249. The molecule has 0 saturated carbocycles. The summed E-state index contributed by atoms with van der Waals surface area (Å²) < 4.78 is 58.9. The number of rotatable bonds is 10. The molecule has 9 nitrogen and oxygen atoms in total. The van der Waals surface area contributed by atoms with Gasteiger partial charge in [0.2, 0.25) is 15.7 Å². The summed E-state index contributed by atoms with van der Waals surface area (Å²) in [5, 5.41) is 13.2. The molecule has 172 valence electrons. The van der Waals surface area contributed by atoms with E-state index >= 15 is 0 Å². The molecule has 0 aliphatic carbocycles. The Morgan fingerprint density at radius 2 is 1.52 bits per heavy atom. The SMILES string of the molecule is Cc1ccc(S(=O)(=O)C(O)(C(CC(C)C)NC(=O)[C@@H](N)CC(C)C)S(=O)(=O)[O-])cc1.[Na+]. The second-order valence-corrected chi connectivity index (χ2v) is 12.2. The summed E-state index contributed by atoms with van der Waals surface area (Å²) in [6.45, 7) is 8.58. The van der Waals surface area contributed by atoms with Crippen LogP contribution in [0.3, 0.4) is 0 Å². The number of aliphatic hydroxyl groups is 1. The molecule has 0 saturated heterocycles. The zero-order chi connectivity index (χ0) is 23.5. The van der Waals surface area contributed by atoms with Crippen LogP contribution in [0, 0.1) is 18.8 Å². The van der Waals surface area contributed by atoms with Crippen molar-refractivity contribution < 1.29 is 60.8 Å². The van der Waals surface area contributed by atoms with Gasteiger partial charge >= 0.3 is 29.6 Å². The van der Waals surface area contributed by atoms with Crippen LogP contribution in [0.1, 0.15) is 46.1 Å². The normalized spacial score (nSPS) is 16.3. The molecular formula is C19H31N2NaO7S2. The van der Waals surface area contributed by atoms with Crippen LogP contribution in [-0.2, 0) is 24.7 Å². The molecule has 0 aliphatic heterocycles. The summed E-state index contributed by atoms with van der Waals surface area (Å²) in [4.78, 5) is 12.0. The van der Waals surface area contributed by atoms with Gasteiger partial charge in [0.05, 0.1) is 17.0 Å². The van der Waals surface area contributed by atoms with Crippen LogP contribution < -0.4 is 40.6 Å². The van der Waals surface area contributed by atoms with E-state index in [9.17, 15) is 31.3 Å². The van der Waals surface area contributed by atoms with E-state index in [-0.39, 0.29) is 54.2 Å². The van der Waals surface area contributed by atoms with Gasteiger partial charge in [-0.15, -0.1) is 0 Å². The smallest absolute Gasteiger partial charge is 0.745 e. The predicted molar refractivity (Wildman–Crippen MR) is 112 cm³/mol. The van der Waals surface area contributed by atoms with Crippen LogP contribution in [0.5, 0.6) is 0 Å². The fourth-order valence-corrected chi connectivity index (χ4v) is 6.28. The molecule has 3 atom stereocenters. The first-order chi connectivity index (χ1) is 13.5. The zero-order valence-electron chi connectivity index (χ0n) is 18.8. The van der Waals surface area contributed by atoms with Gasteiger partial charge in [0, 0.05) is 0 Å². The van der Waals surface area contributed by atoms with E-state index in [1.54, 1.807) is 20.8 Å². The average Bonchev–Trinajstić information content (AvgIpc) is 2.58. The van der Waals surface area contributed by atoms with Crippen molar-refractivity contribution in [2.75, 3.05) is 0 Å². The summed E-state index contributed by atoms with van der Waals surface area (Å²) in [5.41, 5.74) is 6.50. The molecule has 31 heavy (non-hydrogen) atoms. The minimum atomic E-state index is -5.86. The van der Waals surface area contributed by atoms with Crippen LogP contribution in [0.15, 0.2) is 29.2 Å². The molecule has 0 spiro atoms. The maximum Gasteiger partial charge on any atom is 1.00 e. The zero-order valence-corrected chi connectivity index (χ0v) is 22.5. The van der Waals surface area contributed by atoms with E-state index in [1.807, 2.05) is 13.8 Å². The second kappa shape index (κ2) is 11.6. The number of benzene rings is 1. The van der Waals surface area contributed by atoms with E-state index in [0.717, 1.165) is 12.1 Å². The maximum atomic E-state index is 13.2. The van der Waals surface area contributed by atoms with Gasteiger partial charge in [0.1, 0.15) is 10.1 Å². The monoisotopic (exact) mass is 486 g/mol. The Bertz CT molecular complexity index is 948. The molecule has 0 fully saturated rings. The van der Waals surface area contributed by atoms with Crippen molar-refractivity contribution in [3.8, 4) is 0 Å². The fourth-order valence-electron chi connectivity index (χ4n) is 3.05. The molecule has 0 bridgehead atoms. The van der Waals surface area contributed by atoms with Crippen LogP contribution >= 0.6 is 0 Å². The van der Waals surface area contributed by atoms with Crippen molar-refractivity contribution in [1.29, 1.82) is 0 Å². The summed E-state index contributed by atoms with van der Waals surface area (Å²) >= 11 is 0. The molecule has 2 unspecified atom stereocenters. The molecule has 1 aromatic carbocycles. The number of sulfone groups is 1. The number of amides is 1. The van der Waals surface area contributed by atoms with E-state index in [4.69, 9.17) is 5.73 Å². The Labute approximate surface area is 207 Å². The molecule has 0 heterocycles. The number of aryl methyl sites for hydroxylation is 1. The summed E-state index contributed by atoms with van der Waals surface area (Å²) in [7, 11) is -11.0. The topological polar surface area (TPSA) is 167 Å². The minimum Gasteiger partial charge on any atom is -0.745 e. The largest absolute Gasteiger partial charge is 1.00 e. The molecule has 12 heteroatoms. The average molecular weight is 487 g/mol. The molecule has 1 aromatic rings. The summed E-state index contributed by atoms with van der Waals surface area (Å²) in [5.74, 6) is -1.18. The van der Waals surface area contributed by atoms with Gasteiger partial charge in [-0.25, -0.2) is 16.8 Å². The standard InChI is InChI=1S/C19H32N2O7S2.Na/c1-12(2)10-16(20)18(22)21-17(11-13(3)4)19(23,30(26,27)28)29(24,25)15-8-6-14(5)7-9-15;/h6-9,12-13,16-17,23H,10-11,20H2,1-5H3,(H,21,22)(H,26,27,28);/q;+1/p-1/t16-,17?,19?;/m0./s1. The Kier molecular flexibility index (Phi) is 11.4. The Hall–Kier alpha value is -0.530. The van der Waals surface area contributed by atoms with Gasteiger partial charge in [0.25, 0.3) is 4.27 Å². The van der Waals surface area contributed by atoms with Crippen molar-refractivity contribution in [3.63, 3.8) is 0 Å². The molecule has 0 aliphatic rings. The van der Waals surface area contributed by atoms with Gasteiger partial charge < -0.3 is 20.7 Å². The number of hydrogen-bond acceptors (Lipinski definition) is 8.